The topological polar surface area (TPSA) is 81.0 Å². The number of aryl methyl sites for hydroxylation is 1. The second-order valence-electron chi connectivity index (χ2n) is 6.37. The molecule has 2 aliphatic heterocycles. The fourth-order valence-electron chi connectivity index (χ4n) is 3.27. The number of anilines is 1. The molecule has 24 heavy (non-hydrogen) atoms. The van der Waals surface area contributed by atoms with Crippen LogP contribution in [0.3, 0.4) is 0 Å². The van der Waals surface area contributed by atoms with Gasteiger partial charge in [0.1, 0.15) is 0 Å². The SMILES string of the molecule is Cn1nnnc1SCC1=CC(C)(C)N2C(=O)C(=O)c3cccc1c32. The van der Waals surface area contributed by atoms with Gasteiger partial charge in [-0.3, -0.25) is 14.5 Å². The Hall–Kier alpha value is -2.48. The third kappa shape index (κ3) is 2.02. The number of thioether (sulfide) groups is 1. The van der Waals surface area contributed by atoms with Crippen LogP contribution in [0.5, 0.6) is 0 Å². The number of hydrogen-bond acceptors (Lipinski definition) is 6. The van der Waals surface area contributed by atoms with Crippen molar-refractivity contribution in [2.24, 2.45) is 7.05 Å². The predicted molar refractivity (Wildman–Crippen MR) is 89.8 cm³/mol. The molecule has 7 nitrogen and oxygen atoms in total. The molecule has 0 radical (unpaired) electrons. The number of para-hydroxylation sites is 1. The number of ketones is 1. The van der Waals surface area contributed by atoms with Crippen LogP contribution in [0.15, 0.2) is 29.4 Å². The summed E-state index contributed by atoms with van der Waals surface area (Å²) < 4.78 is 1.62. The third-order valence-electron chi connectivity index (χ3n) is 4.29. The first-order valence-corrected chi connectivity index (χ1v) is 8.48. The van der Waals surface area contributed by atoms with Crippen molar-refractivity contribution >= 4 is 34.7 Å². The molecule has 0 spiro atoms. The Morgan fingerprint density at radius 2 is 1.96 bits per heavy atom. The summed E-state index contributed by atoms with van der Waals surface area (Å²) in [6, 6.07) is 5.50. The average molecular weight is 341 g/mol. The van der Waals surface area contributed by atoms with Crippen molar-refractivity contribution in [3.8, 4) is 0 Å². The van der Waals surface area contributed by atoms with Gasteiger partial charge in [-0.2, -0.15) is 0 Å². The Balaban J connectivity index is 1.77. The van der Waals surface area contributed by atoms with E-state index in [1.165, 1.54) is 11.8 Å². The minimum absolute atomic E-state index is 0.431. The van der Waals surface area contributed by atoms with E-state index in [1.54, 1.807) is 22.7 Å². The van der Waals surface area contributed by atoms with Gasteiger partial charge < -0.3 is 0 Å². The van der Waals surface area contributed by atoms with E-state index in [9.17, 15) is 9.59 Å². The van der Waals surface area contributed by atoms with E-state index in [2.05, 4.69) is 15.5 Å². The number of carbonyl (C=O) groups is 2. The normalized spacial score (nSPS) is 18.0. The number of hydrogen-bond donors (Lipinski definition) is 0. The molecule has 0 saturated carbocycles. The quantitative estimate of drug-likeness (QED) is 0.624. The van der Waals surface area contributed by atoms with Gasteiger partial charge in [0.15, 0.2) is 0 Å². The number of tetrazole rings is 1. The molecule has 8 heteroatoms. The Kier molecular flexibility index (Phi) is 3.14. The number of carbonyl (C=O) groups excluding carboxylic acids is 2. The van der Waals surface area contributed by atoms with E-state index < -0.39 is 17.2 Å². The van der Waals surface area contributed by atoms with Crippen LogP contribution in [0.25, 0.3) is 5.57 Å². The second-order valence-corrected chi connectivity index (χ2v) is 7.31. The molecule has 0 saturated heterocycles. The zero-order chi connectivity index (χ0) is 17.1. The summed E-state index contributed by atoms with van der Waals surface area (Å²) in [4.78, 5) is 26.3. The molecule has 2 aliphatic rings. The molecule has 1 aromatic heterocycles. The lowest BCUT2D eigenvalue weighted by atomic mass is 9.89. The molecule has 0 N–H and O–H groups in total. The van der Waals surface area contributed by atoms with Crippen molar-refractivity contribution in [1.29, 1.82) is 0 Å². The van der Waals surface area contributed by atoms with Gasteiger partial charge in [-0.15, -0.1) is 5.10 Å². The van der Waals surface area contributed by atoms with Gasteiger partial charge in [-0.05, 0) is 35.9 Å². The molecule has 0 atom stereocenters. The second kappa shape index (κ2) is 5.01. The van der Waals surface area contributed by atoms with E-state index in [1.807, 2.05) is 32.1 Å². The summed E-state index contributed by atoms with van der Waals surface area (Å²) >= 11 is 1.52. The predicted octanol–water partition coefficient (Wildman–Crippen LogP) is 1.71. The van der Waals surface area contributed by atoms with Gasteiger partial charge in [-0.25, -0.2) is 4.68 Å². The smallest absolute Gasteiger partial charge is 0.295 e. The summed E-state index contributed by atoms with van der Waals surface area (Å²) in [5.74, 6) is -0.229. The minimum Gasteiger partial charge on any atom is -0.295 e. The number of aromatic nitrogens is 4. The summed E-state index contributed by atoms with van der Waals surface area (Å²) in [6.07, 6.45) is 2.05. The lowest BCUT2D eigenvalue weighted by Crippen LogP contribution is -2.47. The summed E-state index contributed by atoms with van der Waals surface area (Å²) in [5, 5.41) is 12.2. The Morgan fingerprint density at radius 3 is 2.67 bits per heavy atom. The third-order valence-corrected chi connectivity index (χ3v) is 5.35. The number of nitrogens with zero attached hydrogens (tertiary/aromatic N) is 5. The molecule has 0 unspecified atom stereocenters. The molecule has 3 heterocycles. The Morgan fingerprint density at radius 1 is 1.21 bits per heavy atom. The highest BCUT2D eigenvalue weighted by Crippen LogP contribution is 2.46. The van der Waals surface area contributed by atoms with Crippen molar-refractivity contribution in [1.82, 2.24) is 20.2 Å². The Labute approximate surface area is 142 Å². The maximum atomic E-state index is 12.4. The molecule has 0 fully saturated rings. The number of benzene rings is 1. The van der Waals surface area contributed by atoms with Crippen LogP contribution in [0.1, 0.15) is 29.8 Å². The van der Waals surface area contributed by atoms with Crippen molar-refractivity contribution in [2.45, 2.75) is 24.5 Å². The van der Waals surface area contributed by atoms with Crippen molar-refractivity contribution < 1.29 is 9.59 Å². The van der Waals surface area contributed by atoms with E-state index in [0.29, 0.717) is 11.3 Å². The maximum Gasteiger partial charge on any atom is 0.300 e. The minimum atomic E-state index is -0.555. The first kappa shape index (κ1) is 15.1. The number of amides is 1. The summed E-state index contributed by atoms with van der Waals surface area (Å²) in [5.41, 5.74) is 2.66. The lowest BCUT2D eigenvalue weighted by Gasteiger charge is -2.38. The van der Waals surface area contributed by atoms with Gasteiger partial charge in [-0.1, -0.05) is 30.0 Å². The van der Waals surface area contributed by atoms with Crippen LogP contribution in [0.4, 0.5) is 5.69 Å². The van der Waals surface area contributed by atoms with Gasteiger partial charge in [0.2, 0.25) is 5.16 Å². The molecule has 0 bridgehead atoms. The van der Waals surface area contributed by atoms with E-state index in [0.717, 1.165) is 22.0 Å². The average Bonchev–Trinajstić information content (AvgIpc) is 3.06. The van der Waals surface area contributed by atoms with Gasteiger partial charge in [0.05, 0.1) is 16.8 Å². The van der Waals surface area contributed by atoms with Crippen LogP contribution in [-0.2, 0) is 11.8 Å². The number of Topliss-reactive ketones (excluding diaryl/α,β-unsaturated/α-hetero) is 1. The fourth-order valence-corrected chi connectivity index (χ4v) is 4.11. The van der Waals surface area contributed by atoms with Gasteiger partial charge >= 0.3 is 0 Å². The van der Waals surface area contributed by atoms with Gasteiger partial charge in [0.25, 0.3) is 11.7 Å². The monoisotopic (exact) mass is 341 g/mol. The maximum absolute atomic E-state index is 12.4. The molecule has 2 aromatic rings. The first-order chi connectivity index (χ1) is 11.4. The van der Waals surface area contributed by atoms with Gasteiger partial charge in [0, 0.05) is 18.4 Å². The Bertz CT molecular complexity index is 915. The zero-order valence-electron chi connectivity index (χ0n) is 13.5. The largest absolute Gasteiger partial charge is 0.300 e. The van der Waals surface area contributed by atoms with E-state index in [4.69, 9.17) is 0 Å². The fraction of sp³-hybridized carbons (Fsp3) is 0.312. The first-order valence-electron chi connectivity index (χ1n) is 7.49. The van der Waals surface area contributed by atoms with Crippen molar-refractivity contribution in [3.63, 3.8) is 0 Å². The highest BCUT2D eigenvalue weighted by Gasteiger charge is 2.46. The van der Waals surface area contributed by atoms with E-state index in [-0.39, 0.29) is 0 Å². The number of rotatable bonds is 3. The van der Waals surface area contributed by atoms with Crippen LogP contribution in [0, 0.1) is 0 Å². The molecule has 122 valence electrons. The highest BCUT2D eigenvalue weighted by atomic mass is 32.2. The van der Waals surface area contributed by atoms with Crippen LogP contribution < -0.4 is 4.90 Å². The zero-order valence-corrected chi connectivity index (χ0v) is 14.3. The van der Waals surface area contributed by atoms with Crippen molar-refractivity contribution in [3.05, 3.63) is 35.4 Å². The standard InChI is InChI=1S/C16H15N5O2S/c1-16(2)7-9(8-24-15-17-18-19-20(15)3)10-5-4-6-11-12(10)21(16)14(23)13(11)22/h4-7H,8H2,1-3H3. The molecular weight excluding hydrogens is 326 g/mol. The molecule has 4 rings (SSSR count). The molecule has 0 aliphatic carbocycles. The molecule has 1 aromatic carbocycles. The van der Waals surface area contributed by atoms with Crippen LogP contribution in [-0.4, -0.2) is 43.2 Å². The van der Waals surface area contributed by atoms with Crippen molar-refractivity contribution in [2.75, 3.05) is 10.7 Å². The summed E-state index contributed by atoms with van der Waals surface area (Å²) in [6.45, 7) is 3.88. The van der Waals surface area contributed by atoms with E-state index >= 15 is 0 Å². The lowest BCUT2D eigenvalue weighted by molar-refractivity contribution is -0.115. The molecule has 1 amide bonds. The summed E-state index contributed by atoms with van der Waals surface area (Å²) in [7, 11) is 1.79. The van der Waals surface area contributed by atoms with Crippen LogP contribution >= 0.6 is 11.8 Å². The van der Waals surface area contributed by atoms with Crippen LogP contribution in [0.2, 0.25) is 0 Å². The highest BCUT2D eigenvalue weighted by molar-refractivity contribution is 7.99. The molecular formula is C16H15N5O2S.